The molecule has 1 amide bonds. The second-order valence-electron chi connectivity index (χ2n) is 12.2. The van der Waals surface area contributed by atoms with E-state index in [1.54, 1.807) is 34.6 Å². The van der Waals surface area contributed by atoms with Gasteiger partial charge in [-0.05, 0) is 27.2 Å². The molecule has 41 heavy (non-hydrogen) atoms. The molecule has 0 saturated heterocycles. The van der Waals surface area contributed by atoms with Gasteiger partial charge in [0.05, 0.1) is 38.1 Å². The van der Waals surface area contributed by atoms with Crippen molar-refractivity contribution in [2.75, 3.05) is 52.7 Å². The molecule has 0 aromatic carbocycles. The fourth-order valence-corrected chi connectivity index (χ4v) is 3.20. The number of carbonyl (C=O) groups is 4. The number of carbonyl (C=O) groups excluding carboxylic acids is 4. The van der Waals surface area contributed by atoms with Gasteiger partial charge in [0, 0.05) is 24.9 Å². The van der Waals surface area contributed by atoms with Gasteiger partial charge in [-0.1, -0.05) is 46.5 Å². The minimum Gasteiger partial charge on any atom is -0.465 e. The van der Waals surface area contributed by atoms with Crippen molar-refractivity contribution in [1.82, 2.24) is 4.90 Å². The van der Waals surface area contributed by atoms with Crippen LogP contribution in [0.2, 0.25) is 0 Å². The van der Waals surface area contributed by atoms with Crippen LogP contribution in [0.4, 0.5) is 4.79 Å². The molecule has 12 heteroatoms. The molecule has 0 aliphatic rings. The van der Waals surface area contributed by atoms with Crippen molar-refractivity contribution < 1.29 is 53.4 Å². The first-order chi connectivity index (χ1) is 19.1. The Morgan fingerprint density at radius 1 is 0.610 bits per heavy atom. The number of aliphatic hydroxyl groups excluding tert-OH is 3. The van der Waals surface area contributed by atoms with Gasteiger partial charge in [0.15, 0.2) is 0 Å². The normalized spacial score (nSPS) is 13.2. The van der Waals surface area contributed by atoms with Crippen LogP contribution in [0.1, 0.15) is 92.9 Å². The average molecular weight is 592 g/mol. The van der Waals surface area contributed by atoms with Gasteiger partial charge in [0.25, 0.3) is 0 Å². The molecule has 1 unspecified atom stereocenters. The molecule has 0 spiro atoms. The van der Waals surface area contributed by atoms with Crippen LogP contribution in [0.15, 0.2) is 0 Å². The fourth-order valence-electron chi connectivity index (χ4n) is 3.20. The van der Waals surface area contributed by atoms with Crippen molar-refractivity contribution >= 4 is 24.0 Å². The highest BCUT2D eigenvalue weighted by Gasteiger charge is 2.29. The number of hydrogen-bond donors (Lipinski definition) is 3. The van der Waals surface area contributed by atoms with E-state index in [2.05, 4.69) is 6.92 Å². The maximum Gasteiger partial charge on any atom is 0.410 e. The largest absolute Gasteiger partial charge is 0.465 e. The molecule has 3 N–H and O–H groups in total. The van der Waals surface area contributed by atoms with Crippen molar-refractivity contribution in [3.05, 3.63) is 0 Å². The van der Waals surface area contributed by atoms with E-state index in [9.17, 15) is 34.5 Å². The van der Waals surface area contributed by atoms with E-state index in [0.717, 1.165) is 32.1 Å². The maximum atomic E-state index is 12.7. The summed E-state index contributed by atoms with van der Waals surface area (Å²) >= 11 is 0. The van der Waals surface area contributed by atoms with E-state index in [0.29, 0.717) is 6.42 Å². The summed E-state index contributed by atoms with van der Waals surface area (Å²) in [7, 11) is 0. The van der Waals surface area contributed by atoms with Crippen molar-refractivity contribution in [2.24, 2.45) is 10.8 Å². The first-order valence-corrected chi connectivity index (χ1v) is 14.4. The highest BCUT2D eigenvalue weighted by molar-refractivity contribution is 5.74. The van der Waals surface area contributed by atoms with E-state index < -0.39 is 34.5 Å². The summed E-state index contributed by atoms with van der Waals surface area (Å²) in [4.78, 5) is 50.6. The number of rotatable bonds is 21. The zero-order valence-electron chi connectivity index (χ0n) is 25.9. The van der Waals surface area contributed by atoms with Gasteiger partial charge in [-0.3, -0.25) is 14.4 Å². The Morgan fingerprint density at radius 3 is 1.44 bits per heavy atom. The third-order valence-electron chi connectivity index (χ3n) is 6.20. The van der Waals surface area contributed by atoms with Crippen LogP contribution in [0.25, 0.3) is 0 Å². The van der Waals surface area contributed by atoms with Gasteiger partial charge in [0.2, 0.25) is 0 Å². The molecule has 0 aromatic rings. The van der Waals surface area contributed by atoms with Gasteiger partial charge < -0.3 is 39.2 Å². The van der Waals surface area contributed by atoms with E-state index in [-0.39, 0.29) is 71.5 Å². The Labute approximate surface area is 244 Å². The number of unbranched alkanes of at least 4 members (excludes halogenated alkanes) is 4. The van der Waals surface area contributed by atoms with Crippen LogP contribution >= 0.6 is 0 Å². The van der Waals surface area contributed by atoms with Gasteiger partial charge in [0.1, 0.15) is 25.4 Å². The first kappa shape index (κ1) is 38.6. The summed E-state index contributed by atoms with van der Waals surface area (Å²) in [5.41, 5.74) is -2.78. The van der Waals surface area contributed by atoms with Crippen molar-refractivity contribution in [3.63, 3.8) is 0 Å². The second-order valence-corrected chi connectivity index (χ2v) is 12.2. The SMILES string of the molecule is CCCCCCCC(=O)OCC(C)(CO)COC(=O)CCN(CCC(=O)OCC(C)(CO)CO)C(=O)OC(C)(C)C. The minimum absolute atomic E-state index is 0.0985. The standard InChI is InChI=1S/C29H53NO11/c1-7-8-9-10-11-12-23(34)39-21-29(6,19-33)22-40-25(36)14-16-30(26(37)41-27(2,3)4)15-13-24(35)38-20-28(5,17-31)18-32/h31-33H,7-22H2,1-6H3. The number of nitrogens with zero attached hydrogens (tertiary/aromatic N) is 1. The molecule has 1 atom stereocenters. The Kier molecular flexibility index (Phi) is 18.5. The van der Waals surface area contributed by atoms with E-state index in [1.807, 2.05) is 0 Å². The summed E-state index contributed by atoms with van der Waals surface area (Å²) in [6.07, 6.45) is 4.15. The molecule has 0 rings (SSSR count). The summed E-state index contributed by atoms with van der Waals surface area (Å²) in [6, 6.07) is 0. The van der Waals surface area contributed by atoms with E-state index in [4.69, 9.17) is 18.9 Å². The van der Waals surface area contributed by atoms with E-state index in [1.165, 1.54) is 4.90 Å². The zero-order valence-corrected chi connectivity index (χ0v) is 25.9. The van der Waals surface area contributed by atoms with Gasteiger partial charge in [-0.2, -0.15) is 0 Å². The number of aliphatic hydroxyl groups is 3. The monoisotopic (exact) mass is 591 g/mol. The third kappa shape index (κ3) is 18.6. The summed E-state index contributed by atoms with van der Waals surface area (Å²) in [5.74, 6) is -1.66. The lowest BCUT2D eigenvalue weighted by atomic mass is 9.94. The molecule has 0 fully saturated rings. The molecule has 0 saturated carbocycles. The molecular formula is C29H53NO11. The van der Waals surface area contributed by atoms with Crippen LogP contribution in [-0.2, 0) is 33.3 Å². The van der Waals surface area contributed by atoms with Gasteiger partial charge in [-0.25, -0.2) is 4.79 Å². The fraction of sp³-hybridized carbons (Fsp3) is 0.862. The number of ether oxygens (including phenoxy) is 4. The number of hydrogen-bond acceptors (Lipinski definition) is 11. The first-order valence-electron chi connectivity index (χ1n) is 14.4. The van der Waals surface area contributed by atoms with Crippen LogP contribution in [-0.4, -0.2) is 103 Å². The highest BCUT2D eigenvalue weighted by atomic mass is 16.6. The van der Waals surface area contributed by atoms with Crippen LogP contribution < -0.4 is 0 Å². The maximum absolute atomic E-state index is 12.7. The molecule has 0 bridgehead atoms. The summed E-state index contributed by atoms with van der Waals surface area (Å²) in [5, 5.41) is 28.5. The Balaban J connectivity index is 4.85. The molecular weight excluding hydrogens is 538 g/mol. The number of amides is 1. The molecule has 0 aromatic heterocycles. The smallest absolute Gasteiger partial charge is 0.410 e. The predicted molar refractivity (Wildman–Crippen MR) is 151 cm³/mol. The molecule has 0 heterocycles. The molecule has 0 aliphatic carbocycles. The molecule has 0 radical (unpaired) electrons. The molecule has 0 aliphatic heterocycles. The Morgan fingerprint density at radius 2 is 1.02 bits per heavy atom. The third-order valence-corrected chi connectivity index (χ3v) is 6.20. The Hall–Kier alpha value is -2.44. The van der Waals surface area contributed by atoms with Crippen LogP contribution in [0.3, 0.4) is 0 Å². The highest BCUT2D eigenvalue weighted by Crippen LogP contribution is 2.19. The number of esters is 3. The summed E-state index contributed by atoms with van der Waals surface area (Å²) in [6.45, 7) is 8.53. The quantitative estimate of drug-likeness (QED) is 0.102. The van der Waals surface area contributed by atoms with Crippen LogP contribution in [0.5, 0.6) is 0 Å². The van der Waals surface area contributed by atoms with E-state index >= 15 is 0 Å². The topological polar surface area (TPSA) is 169 Å². The average Bonchev–Trinajstić information content (AvgIpc) is 2.92. The Bertz CT molecular complexity index is 792. The zero-order chi connectivity index (χ0) is 31.5. The lowest BCUT2D eigenvalue weighted by molar-refractivity contribution is -0.155. The molecule has 12 nitrogen and oxygen atoms in total. The summed E-state index contributed by atoms with van der Waals surface area (Å²) < 4.78 is 21.1. The minimum atomic E-state index is -0.986. The van der Waals surface area contributed by atoms with Gasteiger partial charge in [-0.15, -0.1) is 0 Å². The lowest BCUT2D eigenvalue weighted by Crippen LogP contribution is -2.40. The van der Waals surface area contributed by atoms with Crippen molar-refractivity contribution in [1.29, 1.82) is 0 Å². The van der Waals surface area contributed by atoms with Crippen molar-refractivity contribution in [3.8, 4) is 0 Å². The van der Waals surface area contributed by atoms with Crippen molar-refractivity contribution in [2.45, 2.75) is 98.5 Å². The van der Waals surface area contributed by atoms with Crippen LogP contribution in [0, 0.1) is 10.8 Å². The second kappa shape index (κ2) is 19.6. The van der Waals surface area contributed by atoms with Gasteiger partial charge >= 0.3 is 24.0 Å². The predicted octanol–water partition coefficient (Wildman–Crippen LogP) is 2.98. The molecule has 240 valence electrons. The lowest BCUT2D eigenvalue weighted by Gasteiger charge is -2.28.